The number of hydrogen-bond acceptors (Lipinski definition) is 4. The Hall–Kier alpha value is -0.450. The molecule has 19 heavy (non-hydrogen) atoms. The minimum absolute atomic E-state index is 0.552. The van der Waals surface area contributed by atoms with E-state index in [9.17, 15) is 0 Å². The third-order valence-electron chi connectivity index (χ3n) is 4.12. The van der Waals surface area contributed by atoms with Crippen molar-refractivity contribution in [2.75, 3.05) is 19.8 Å². The summed E-state index contributed by atoms with van der Waals surface area (Å²) in [5.74, 6) is 0.552. The van der Waals surface area contributed by atoms with Crippen molar-refractivity contribution in [3.8, 4) is 0 Å². The Kier molecular flexibility index (Phi) is 4.51. The number of aryl methyl sites for hydroxylation is 1. The van der Waals surface area contributed by atoms with Gasteiger partial charge in [-0.25, -0.2) is 4.98 Å². The predicted molar refractivity (Wildman–Crippen MR) is 78.9 cm³/mol. The van der Waals surface area contributed by atoms with Crippen LogP contribution in [0, 0.1) is 0 Å². The molecule has 0 radical (unpaired) electrons. The summed E-state index contributed by atoms with van der Waals surface area (Å²) >= 11 is 1.95. The fraction of sp³-hybridized carbons (Fsp3) is 0.800. The third kappa shape index (κ3) is 3.01. The average Bonchev–Trinajstić information content (AvgIpc) is 2.90. The van der Waals surface area contributed by atoms with Gasteiger partial charge in [0.2, 0.25) is 0 Å². The van der Waals surface area contributed by atoms with Gasteiger partial charge >= 0.3 is 0 Å². The zero-order chi connectivity index (χ0) is 13.1. The topological polar surface area (TPSA) is 34.2 Å². The van der Waals surface area contributed by atoms with Crippen molar-refractivity contribution in [1.82, 2.24) is 10.3 Å². The van der Waals surface area contributed by atoms with Crippen LogP contribution >= 0.6 is 11.3 Å². The van der Waals surface area contributed by atoms with Crippen LogP contribution in [0.25, 0.3) is 0 Å². The van der Waals surface area contributed by atoms with E-state index in [1.807, 2.05) is 11.3 Å². The molecule has 4 heteroatoms. The van der Waals surface area contributed by atoms with Crippen LogP contribution in [0.5, 0.6) is 0 Å². The van der Waals surface area contributed by atoms with Gasteiger partial charge in [-0.1, -0.05) is 6.92 Å². The second-order valence-electron chi connectivity index (χ2n) is 5.68. The van der Waals surface area contributed by atoms with Crippen LogP contribution in [0.4, 0.5) is 0 Å². The van der Waals surface area contributed by atoms with Gasteiger partial charge in [0, 0.05) is 23.4 Å². The first-order chi connectivity index (χ1) is 9.38. The van der Waals surface area contributed by atoms with Gasteiger partial charge in [-0.15, -0.1) is 11.3 Å². The molecule has 2 atom stereocenters. The molecule has 1 saturated heterocycles. The van der Waals surface area contributed by atoms with Crippen LogP contribution in [0.1, 0.15) is 66.6 Å². The van der Waals surface area contributed by atoms with E-state index in [4.69, 9.17) is 9.72 Å². The van der Waals surface area contributed by atoms with E-state index in [0.717, 1.165) is 19.8 Å². The Bertz CT molecular complexity index is 412. The predicted octanol–water partition coefficient (Wildman–Crippen LogP) is 3.41. The molecule has 2 aliphatic rings. The minimum atomic E-state index is 0.552. The molecule has 1 aliphatic heterocycles. The highest BCUT2D eigenvalue weighted by Gasteiger charge is 2.27. The SMILES string of the molecule is CCCNC1CCCc2nc(C3CCCOC3)sc21. The van der Waals surface area contributed by atoms with E-state index in [-0.39, 0.29) is 0 Å². The number of thiazole rings is 1. The maximum atomic E-state index is 5.61. The molecule has 106 valence electrons. The third-order valence-corrected chi connectivity index (χ3v) is 5.49. The number of rotatable bonds is 4. The second-order valence-corrected chi connectivity index (χ2v) is 6.74. The standard InChI is InChI=1S/C15H24N2OS/c1-2-8-16-12-6-3-7-13-14(12)19-15(17-13)11-5-4-9-18-10-11/h11-12,16H,2-10H2,1H3. The van der Waals surface area contributed by atoms with Crippen molar-refractivity contribution in [3.63, 3.8) is 0 Å². The number of hydrogen-bond donors (Lipinski definition) is 1. The molecule has 1 aromatic heterocycles. The van der Waals surface area contributed by atoms with Gasteiger partial charge in [-0.3, -0.25) is 0 Å². The molecule has 0 amide bonds. The molecule has 1 N–H and O–H groups in total. The van der Waals surface area contributed by atoms with E-state index in [0.29, 0.717) is 12.0 Å². The highest BCUT2D eigenvalue weighted by molar-refractivity contribution is 7.12. The van der Waals surface area contributed by atoms with Gasteiger partial charge in [0.1, 0.15) is 0 Å². The van der Waals surface area contributed by atoms with Crippen molar-refractivity contribution < 1.29 is 4.74 Å². The summed E-state index contributed by atoms with van der Waals surface area (Å²) in [5.41, 5.74) is 1.37. The van der Waals surface area contributed by atoms with Crippen molar-refractivity contribution in [2.24, 2.45) is 0 Å². The quantitative estimate of drug-likeness (QED) is 0.917. The van der Waals surface area contributed by atoms with Crippen LogP contribution in [-0.4, -0.2) is 24.7 Å². The van der Waals surface area contributed by atoms with Crippen molar-refractivity contribution in [3.05, 3.63) is 15.6 Å². The maximum Gasteiger partial charge on any atom is 0.0985 e. The number of nitrogens with one attached hydrogen (secondary N) is 1. The summed E-state index contributed by atoms with van der Waals surface area (Å²) < 4.78 is 5.61. The van der Waals surface area contributed by atoms with E-state index in [1.165, 1.54) is 54.1 Å². The lowest BCUT2D eigenvalue weighted by Crippen LogP contribution is -2.24. The first-order valence-electron chi connectivity index (χ1n) is 7.69. The van der Waals surface area contributed by atoms with Crippen molar-refractivity contribution >= 4 is 11.3 Å². The molecule has 3 rings (SSSR count). The Morgan fingerprint density at radius 1 is 1.37 bits per heavy atom. The van der Waals surface area contributed by atoms with Crippen LogP contribution in [-0.2, 0) is 11.2 Å². The molecule has 1 aromatic rings. The summed E-state index contributed by atoms with van der Waals surface area (Å²) in [4.78, 5) is 6.45. The van der Waals surface area contributed by atoms with Gasteiger partial charge in [-0.05, 0) is 45.1 Å². The highest BCUT2D eigenvalue weighted by atomic mass is 32.1. The molecule has 2 unspecified atom stereocenters. The Balaban J connectivity index is 1.76. The summed E-state index contributed by atoms with van der Waals surface area (Å²) in [6.45, 7) is 5.15. The zero-order valence-corrected chi connectivity index (χ0v) is 12.6. The molecule has 0 spiro atoms. The van der Waals surface area contributed by atoms with Gasteiger partial charge in [-0.2, -0.15) is 0 Å². The van der Waals surface area contributed by atoms with Gasteiger partial charge in [0.05, 0.1) is 17.3 Å². The van der Waals surface area contributed by atoms with Crippen molar-refractivity contribution in [1.29, 1.82) is 0 Å². The Morgan fingerprint density at radius 3 is 3.11 bits per heavy atom. The summed E-state index contributed by atoms with van der Waals surface area (Å²) in [7, 11) is 0. The fourth-order valence-electron chi connectivity index (χ4n) is 3.06. The lowest BCUT2D eigenvalue weighted by molar-refractivity contribution is 0.0803. The summed E-state index contributed by atoms with van der Waals surface area (Å²) in [5, 5.41) is 5.01. The molecule has 2 heterocycles. The lowest BCUT2D eigenvalue weighted by atomic mass is 9.98. The first kappa shape index (κ1) is 13.5. The van der Waals surface area contributed by atoms with E-state index >= 15 is 0 Å². The minimum Gasteiger partial charge on any atom is -0.381 e. The smallest absolute Gasteiger partial charge is 0.0985 e. The average molecular weight is 280 g/mol. The number of fused-ring (bicyclic) bond motifs is 1. The largest absolute Gasteiger partial charge is 0.381 e. The normalized spacial score (nSPS) is 27.2. The van der Waals surface area contributed by atoms with Crippen LogP contribution < -0.4 is 5.32 Å². The van der Waals surface area contributed by atoms with Gasteiger partial charge in [0.15, 0.2) is 0 Å². The van der Waals surface area contributed by atoms with Gasteiger partial charge in [0.25, 0.3) is 0 Å². The van der Waals surface area contributed by atoms with E-state index in [1.54, 1.807) is 0 Å². The van der Waals surface area contributed by atoms with Crippen LogP contribution in [0.15, 0.2) is 0 Å². The van der Waals surface area contributed by atoms with E-state index in [2.05, 4.69) is 12.2 Å². The zero-order valence-electron chi connectivity index (χ0n) is 11.8. The molecule has 0 bridgehead atoms. The maximum absolute atomic E-state index is 5.61. The fourth-order valence-corrected chi connectivity index (χ4v) is 4.40. The Labute approximate surface area is 119 Å². The summed E-state index contributed by atoms with van der Waals surface area (Å²) in [6.07, 6.45) is 7.36. The van der Waals surface area contributed by atoms with Crippen molar-refractivity contribution in [2.45, 2.75) is 57.4 Å². The summed E-state index contributed by atoms with van der Waals surface area (Å²) in [6, 6.07) is 0.555. The highest BCUT2D eigenvalue weighted by Crippen LogP contribution is 2.38. The molecule has 1 fully saturated rings. The first-order valence-corrected chi connectivity index (χ1v) is 8.50. The Morgan fingerprint density at radius 2 is 2.32 bits per heavy atom. The molecular weight excluding hydrogens is 256 g/mol. The number of aromatic nitrogens is 1. The number of ether oxygens (including phenoxy) is 1. The molecule has 0 saturated carbocycles. The molecular formula is C15H24N2OS. The monoisotopic (exact) mass is 280 g/mol. The molecule has 3 nitrogen and oxygen atoms in total. The van der Waals surface area contributed by atoms with Crippen LogP contribution in [0.3, 0.4) is 0 Å². The van der Waals surface area contributed by atoms with Crippen LogP contribution in [0.2, 0.25) is 0 Å². The second kappa shape index (κ2) is 6.33. The molecule has 1 aliphatic carbocycles. The van der Waals surface area contributed by atoms with Gasteiger partial charge < -0.3 is 10.1 Å². The molecule has 0 aromatic carbocycles. The lowest BCUT2D eigenvalue weighted by Gasteiger charge is -2.22. The number of nitrogens with zero attached hydrogens (tertiary/aromatic N) is 1. The van der Waals surface area contributed by atoms with E-state index < -0.39 is 0 Å².